The summed E-state index contributed by atoms with van der Waals surface area (Å²) >= 11 is 11.8. The van der Waals surface area contributed by atoms with E-state index in [2.05, 4.69) is 10.5 Å². The van der Waals surface area contributed by atoms with Gasteiger partial charge in [-0.2, -0.15) is 5.10 Å². The molecule has 0 fully saturated rings. The van der Waals surface area contributed by atoms with Gasteiger partial charge in [0.25, 0.3) is 15.9 Å². The fourth-order valence-electron chi connectivity index (χ4n) is 2.58. The molecule has 0 aliphatic heterocycles. The fourth-order valence-corrected chi connectivity index (χ4v) is 4.33. The largest absolute Gasteiger partial charge is 0.271 e. The maximum absolute atomic E-state index is 13.3. The lowest BCUT2D eigenvalue weighted by Crippen LogP contribution is -2.39. The summed E-state index contributed by atoms with van der Waals surface area (Å²) in [5, 5.41) is 4.53. The first-order chi connectivity index (χ1) is 14.8. The van der Waals surface area contributed by atoms with Crippen molar-refractivity contribution in [2.75, 3.05) is 10.8 Å². The van der Waals surface area contributed by atoms with Crippen molar-refractivity contribution in [1.29, 1.82) is 0 Å². The van der Waals surface area contributed by atoms with E-state index in [1.54, 1.807) is 36.4 Å². The van der Waals surface area contributed by atoms with Gasteiger partial charge in [0, 0.05) is 0 Å². The van der Waals surface area contributed by atoms with E-state index < -0.39 is 28.3 Å². The molecule has 31 heavy (non-hydrogen) atoms. The van der Waals surface area contributed by atoms with Gasteiger partial charge in [-0.1, -0.05) is 47.5 Å². The number of nitrogens with zero attached hydrogens (tertiary/aromatic N) is 2. The smallest absolute Gasteiger partial charge is 0.264 e. The highest BCUT2D eigenvalue weighted by Gasteiger charge is 2.27. The summed E-state index contributed by atoms with van der Waals surface area (Å²) in [5.41, 5.74) is 2.99. The van der Waals surface area contributed by atoms with Gasteiger partial charge in [0.2, 0.25) is 0 Å². The van der Waals surface area contributed by atoms with Crippen LogP contribution in [0.3, 0.4) is 0 Å². The van der Waals surface area contributed by atoms with Gasteiger partial charge in [-0.05, 0) is 54.1 Å². The van der Waals surface area contributed by atoms with Crippen molar-refractivity contribution < 1.29 is 17.6 Å². The van der Waals surface area contributed by atoms with Crippen molar-refractivity contribution in [2.45, 2.75) is 4.90 Å². The SMILES string of the molecule is O=C(CN(c1ccc(F)cc1)S(=O)(=O)c1ccccc1)N/N=C\c1ccc(Cl)c(Cl)c1. The molecule has 0 radical (unpaired) electrons. The molecule has 1 amide bonds. The molecule has 0 aliphatic rings. The maximum atomic E-state index is 13.3. The van der Waals surface area contributed by atoms with E-state index in [1.165, 1.54) is 30.5 Å². The highest BCUT2D eigenvalue weighted by Crippen LogP contribution is 2.24. The molecule has 0 saturated heterocycles. The van der Waals surface area contributed by atoms with E-state index in [1.807, 2.05) is 0 Å². The number of nitrogens with one attached hydrogen (secondary N) is 1. The summed E-state index contributed by atoms with van der Waals surface area (Å²) in [6.07, 6.45) is 1.34. The molecule has 0 unspecified atom stereocenters. The van der Waals surface area contributed by atoms with Gasteiger partial charge >= 0.3 is 0 Å². The van der Waals surface area contributed by atoms with E-state index in [0.29, 0.717) is 15.6 Å². The second-order valence-electron chi connectivity index (χ2n) is 6.27. The average molecular weight is 480 g/mol. The topological polar surface area (TPSA) is 78.8 Å². The third-order valence-electron chi connectivity index (χ3n) is 4.08. The summed E-state index contributed by atoms with van der Waals surface area (Å²) in [5.74, 6) is -1.23. The Hall–Kier alpha value is -2.94. The monoisotopic (exact) mass is 479 g/mol. The van der Waals surface area contributed by atoms with Crippen molar-refractivity contribution in [3.8, 4) is 0 Å². The summed E-state index contributed by atoms with van der Waals surface area (Å²) in [4.78, 5) is 12.4. The molecule has 3 rings (SSSR count). The maximum Gasteiger partial charge on any atom is 0.264 e. The standard InChI is InChI=1S/C21H16Cl2FN3O3S/c22-19-11-6-15(12-20(19)23)13-25-26-21(28)14-27(17-9-7-16(24)8-10-17)31(29,30)18-4-2-1-3-5-18/h1-13H,14H2,(H,26,28)/b25-13-. The highest BCUT2D eigenvalue weighted by atomic mass is 35.5. The third kappa shape index (κ3) is 5.81. The average Bonchev–Trinajstić information content (AvgIpc) is 2.76. The number of benzene rings is 3. The zero-order chi connectivity index (χ0) is 22.4. The van der Waals surface area contributed by atoms with Gasteiger partial charge in [0.1, 0.15) is 12.4 Å². The molecule has 3 aromatic rings. The second-order valence-corrected chi connectivity index (χ2v) is 8.94. The van der Waals surface area contributed by atoms with Crippen LogP contribution in [0.5, 0.6) is 0 Å². The molecule has 0 spiro atoms. The molecule has 0 bridgehead atoms. The predicted molar refractivity (Wildman–Crippen MR) is 120 cm³/mol. The van der Waals surface area contributed by atoms with Crippen LogP contribution in [-0.4, -0.2) is 27.1 Å². The van der Waals surface area contributed by atoms with Crippen molar-refractivity contribution in [2.24, 2.45) is 5.10 Å². The van der Waals surface area contributed by atoms with Crippen LogP contribution in [0.4, 0.5) is 10.1 Å². The zero-order valence-corrected chi connectivity index (χ0v) is 18.2. The lowest BCUT2D eigenvalue weighted by atomic mass is 10.2. The summed E-state index contributed by atoms with van der Waals surface area (Å²) in [6, 6.07) is 17.2. The third-order valence-corrected chi connectivity index (χ3v) is 6.61. The highest BCUT2D eigenvalue weighted by molar-refractivity contribution is 7.92. The first-order valence-corrected chi connectivity index (χ1v) is 11.1. The molecule has 6 nitrogen and oxygen atoms in total. The van der Waals surface area contributed by atoms with E-state index >= 15 is 0 Å². The van der Waals surface area contributed by atoms with Crippen LogP contribution >= 0.6 is 23.2 Å². The molecule has 0 aliphatic carbocycles. The second kappa shape index (κ2) is 9.91. The molecule has 0 atom stereocenters. The van der Waals surface area contributed by atoms with Crippen LogP contribution in [0.15, 0.2) is 82.8 Å². The number of hydrazone groups is 1. The lowest BCUT2D eigenvalue weighted by Gasteiger charge is -2.23. The van der Waals surface area contributed by atoms with Gasteiger partial charge in [-0.25, -0.2) is 18.2 Å². The Morgan fingerprint density at radius 3 is 2.32 bits per heavy atom. The number of sulfonamides is 1. The summed E-state index contributed by atoms with van der Waals surface area (Å²) < 4.78 is 40.4. The van der Waals surface area contributed by atoms with E-state index in [-0.39, 0.29) is 10.6 Å². The van der Waals surface area contributed by atoms with E-state index in [4.69, 9.17) is 23.2 Å². The molecule has 0 heterocycles. The Morgan fingerprint density at radius 2 is 1.68 bits per heavy atom. The normalized spacial score (nSPS) is 11.5. The Morgan fingerprint density at radius 1 is 1.00 bits per heavy atom. The molecular weight excluding hydrogens is 464 g/mol. The summed E-state index contributed by atoms with van der Waals surface area (Å²) in [6.45, 7) is -0.568. The van der Waals surface area contributed by atoms with Gasteiger partial charge < -0.3 is 0 Å². The van der Waals surface area contributed by atoms with Crippen molar-refractivity contribution in [3.05, 3.63) is 94.2 Å². The van der Waals surface area contributed by atoms with Crippen LogP contribution in [0.25, 0.3) is 0 Å². The van der Waals surface area contributed by atoms with Crippen LogP contribution < -0.4 is 9.73 Å². The number of carbonyl (C=O) groups excluding carboxylic acids is 1. The number of hydrogen-bond acceptors (Lipinski definition) is 4. The molecule has 10 heteroatoms. The van der Waals surface area contributed by atoms with Crippen molar-refractivity contribution >= 4 is 51.0 Å². The Labute approximate surface area is 189 Å². The van der Waals surface area contributed by atoms with Crippen molar-refractivity contribution in [3.63, 3.8) is 0 Å². The zero-order valence-electron chi connectivity index (χ0n) is 15.9. The minimum atomic E-state index is -4.08. The summed E-state index contributed by atoms with van der Waals surface area (Å²) in [7, 11) is -4.08. The number of amides is 1. The van der Waals surface area contributed by atoms with Gasteiger partial charge in [0.05, 0.1) is 26.8 Å². The number of anilines is 1. The Balaban J connectivity index is 1.81. The number of rotatable bonds is 7. The first-order valence-electron chi connectivity index (χ1n) is 8.88. The van der Waals surface area contributed by atoms with E-state index in [0.717, 1.165) is 16.4 Å². The van der Waals surface area contributed by atoms with Crippen LogP contribution in [0.1, 0.15) is 5.56 Å². The predicted octanol–water partition coefficient (Wildman–Crippen LogP) is 4.48. The van der Waals surface area contributed by atoms with Crippen LogP contribution in [0.2, 0.25) is 10.0 Å². The van der Waals surface area contributed by atoms with E-state index in [9.17, 15) is 17.6 Å². The van der Waals surface area contributed by atoms with Crippen LogP contribution in [-0.2, 0) is 14.8 Å². The quantitative estimate of drug-likeness (QED) is 0.400. The number of hydrogen-bond donors (Lipinski definition) is 1. The van der Waals surface area contributed by atoms with Crippen molar-refractivity contribution in [1.82, 2.24) is 5.43 Å². The van der Waals surface area contributed by atoms with Gasteiger partial charge in [0.15, 0.2) is 0 Å². The molecule has 0 aromatic heterocycles. The molecule has 1 N–H and O–H groups in total. The minimum absolute atomic E-state index is 0.00793. The van der Waals surface area contributed by atoms with Gasteiger partial charge in [-0.3, -0.25) is 9.10 Å². The Kier molecular flexibility index (Phi) is 7.27. The number of carbonyl (C=O) groups is 1. The first kappa shape index (κ1) is 22.7. The molecule has 160 valence electrons. The Bertz CT molecular complexity index is 1200. The number of halogens is 3. The van der Waals surface area contributed by atoms with Crippen LogP contribution in [0, 0.1) is 5.82 Å². The van der Waals surface area contributed by atoms with Gasteiger partial charge in [-0.15, -0.1) is 0 Å². The fraction of sp³-hybridized carbons (Fsp3) is 0.0476. The molecule has 3 aromatic carbocycles. The molecular formula is C21H16Cl2FN3O3S. The lowest BCUT2D eigenvalue weighted by molar-refractivity contribution is -0.119. The molecule has 0 saturated carbocycles. The minimum Gasteiger partial charge on any atom is -0.271 e.